The van der Waals surface area contributed by atoms with Crippen molar-refractivity contribution in [3.05, 3.63) is 59.7 Å². The molecule has 1 aromatic carbocycles. The van der Waals surface area contributed by atoms with Gasteiger partial charge in [-0.2, -0.15) is 0 Å². The molecule has 3 rings (SSSR count). The molecule has 2 heterocycles. The van der Waals surface area contributed by atoms with E-state index < -0.39 is 11.9 Å². The first kappa shape index (κ1) is 11.2. The van der Waals surface area contributed by atoms with Gasteiger partial charge in [0.25, 0.3) is 0 Å². The molecule has 0 bridgehead atoms. The normalized spacial score (nSPS) is 19.1. The second kappa shape index (κ2) is 4.38. The van der Waals surface area contributed by atoms with E-state index in [1.807, 2.05) is 24.3 Å². The van der Waals surface area contributed by atoms with E-state index in [4.69, 9.17) is 4.74 Å². The van der Waals surface area contributed by atoms with Gasteiger partial charge in [0, 0.05) is 18.2 Å². The van der Waals surface area contributed by atoms with Crippen molar-refractivity contribution in [3.8, 4) is 5.75 Å². The fourth-order valence-electron chi connectivity index (χ4n) is 2.19. The molecule has 18 heavy (non-hydrogen) atoms. The molecule has 3 nitrogen and oxygen atoms in total. The van der Waals surface area contributed by atoms with Crippen molar-refractivity contribution in [3.63, 3.8) is 0 Å². The predicted molar refractivity (Wildman–Crippen MR) is 63.7 cm³/mol. The third kappa shape index (κ3) is 1.95. The average Bonchev–Trinajstić information content (AvgIpc) is 2.81. The largest absolute Gasteiger partial charge is 0.487 e. The maximum atomic E-state index is 13.1. The van der Waals surface area contributed by atoms with Gasteiger partial charge in [-0.25, -0.2) is 4.39 Å². The molecule has 2 atom stereocenters. The Hall–Kier alpha value is -1.94. The fourth-order valence-corrected chi connectivity index (χ4v) is 2.19. The monoisotopic (exact) mass is 245 g/mol. The number of aliphatic hydroxyl groups excluding tert-OH is 1. The molecule has 4 heteroatoms. The number of aliphatic hydroxyl groups is 1. The van der Waals surface area contributed by atoms with Crippen LogP contribution in [0, 0.1) is 5.82 Å². The van der Waals surface area contributed by atoms with Crippen LogP contribution in [0.25, 0.3) is 0 Å². The van der Waals surface area contributed by atoms with Crippen molar-refractivity contribution < 1.29 is 14.2 Å². The summed E-state index contributed by atoms with van der Waals surface area (Å²) in [5.41, 5.74) is 1.50. The number of halogens is 1. The molecule has 1 N–H and O–H groups in total. The number of ether oxygens (including phenoxy) is 1. The Kier molecular flexibility index (Phi) is 2.72. The SMILES string of the molecule is OC(c1cncc(F)c1)C1Cc2ccccc2O1. The van der Waals surface area contributed by atoms with Crippen molar-refractivity contribution in [2.45, 2.75) is 18.6 Å². The molecule has 0 radical (unpaired) electrons. The molecule has 0 fully saturated rings. The second-order valence-corrected chi connectivity index (χ2v) is 4.35. The minimum absolute atomic E-state index is 0.383. The Labute approximate surface area is 104 Å². The second-order valence-electron chi connectivity index (χ2n) is 4.35. The van der Waals surface area contributed by atoms with Gasteiger partial charge in [-0.1, -0.05) is 18.2 Å². The van der Waals surface area contributed by atoms with Crippen LogP contribution in [0.2, 0.25) is 0 Å². The number of fused-ring (bicyclic) bond motifs is 1. The molecule has 0 saturated heterocycles. The molecule has 2 unspecified atom stereocenters. The lowest BCUT2D eigenvalue weighted by Crippen LogP contribution is -2.23. The number of hydrogen-bond acceptors (Lipinski definition) is 3. The van der Waals surface area contributed by atoms with Crippen LogP contribution in [0.4, 0.5) is 4.39 Å². The summed E-state index contributed by atoms with van der Waals surface area (Å²) in [6, 6.07) is 8.93. The van der Waals surface area contributed by atoms with Gasteiger partial charge >= 0.3 is 0 Å². The van der Waals surface area contributed by atoms with E-state index in [9.17, 15) is 9.50 Å². The first-order chi connectivity index (χ1) is 8.74. The third-order valence-electron chi connectivity index (χ3n) is 3.09. The zero-order valence-electron chi connectivity index (χ0n) is 9.58. The summed E-state index contributed by atoms with van der Waals surface area (Å²) >= 11 is 0. The number of benzene rings is 1. The lowest BCUT2D eigenvalue weighted by molar-refractivity contribution is 0.0487. The Morgan fingerprint density at radius 1 is 1.33 bits per heavy atom. The molecular formula is C14H12FNO2. The van der Waals surface area contributed by atoms with Crippen LogP contribution in [0.1, 0.15) is 17.2 Å². The number of nitrogens with zero attached hydrogens (tertiary/aromatic N) is 1. The van der Waals surface area contributed by atoms with Crippen molar-refractivity contribution in [2.24, 2.45) is 0 Å². The summed E-state index contributed by atoms with van der Waals surface area (Å²) in [7, 11) is 0. The lowest BCUT2D eigenvalue weighted by Gasteiger charge is -2.18. The van der Waals surface area contributed by atoms with Gasteiger partial charge in [-0.15, -0.1) is 0 Å². The van der Waals surface area contributed by atoms with E-state index >= 15 is 0 Å². The highest BCUT2D eigenvalue weighted by Crippen LogP contribution is 2.33. The summed E-state index contributed by atoms with van der Waals surface area (Å²) in [6.45, 7) is 0. The summed E-state index contributed by atoms with van der Waals surface area (Å²) in [5, 5.41) is 10.2. The Balaban J connectivity index is 1.82. The molecule has 0 amide bonds. The van der Waals surface area contributed by atoms with Crippen molar-refractivity contribution in [2.75, 3.05) is 0 Å². The Bertz CT molecular complexity index is 548. The van der Waals surface area contributed by atoms with Gasteiger partial charge in [0.2, 0.25) is 0 Å². The highest BCUT2D eigenvalue weighted by molar-refractivity contribution is 5.38. The molecule has 1 aliphatic rings. The van der Waals surface area contributed by atoms with Gasteiger partial charge in [-0.05, 0) is 17.7 Å². The Morgan fingerprint density at radius 2 is 2.17 bits per heavy atom. The smallest absolute Gasteiger partial charge is 0.141 e. The van der Waals surface area contributed by atoms with Gasteiger partial charge in [-0.3, -0.25) is 4.98 Å². The number of aromatic nitrogens is 1. The summed E-state index contributed by atoms with van der Waals surface area (Å²) in [6.07, 6.45) is 1.93. The van der Waals surface area contributed by atoms with Crippen LogP contribution in [0.5, 0.6) is 5.75 Å². The van der Waals surface area contributed by atoms with Crippen LogP contribution < -0.4 is 4.74 Å². The van der Waals surface area contributed by atoms with Gasteiger partial charge in [0.05, 0.1) is 6.20 Å². The average molecular weight is 245 g/mol. The van der Waals surface area contributed by atoms with Crippen LogP contribution in [-0.4, -0.2) is 16.2 Å². The molecule has 2 aromatic rings. The third-order valence-corrected chi connectivity index (χ3v) is 3.09. The fraction of sp³-hybridized carbons (Fsp3) is 0.214. The lowest BCUT2D eigenvalue weighted by atomic mass is 10.0. The number of hydrogen-bond donors (Lipinski definition) is 1. The van der Waals surface area contributed by atoms with Gasteiger partial charge in [0.1, 0.15) is 23.8 Å². The van der Waals surface area contributed by atoms with Crippen LogP contribution in [-0.2, 0) is 6.42 Å². The van der Waals surface area contributed by atoms with E-state index in [1.54, 1.807) is 0 Å². The molecule has 1 aliphatic heterocycles. The van der Waals surface area contributed by atoms with Crippen LogP contribution in [0.3, 0.4) is 0 Å². The van der Waals surface area contributed by atoms with Gasteiger partial charge < -0.3 is 9.84 Å². The van der Waals surface area contributed by atoms with Crippen molar-refractivity contribution in [1.29, 1.82) is 0 Å². The molecule has 1 aromatic heterocycles. The maximum absolute atomic E-state index is 13.1. The van der Waals surface area contributed by atoms with Crippen LogP contribution in [0.15, 0.2) is 42.7 Å². The predicted octanol–water partition coefficient (Wildman–Crippen LogP) is 2.26. The molecule has 0 spiro atoms. The standard InChI is InChI=1S/C14H12FNO2/c15-11-5-10(7-16-8-11)14(17)13-6-9-3-1-2-4-12(9)18-13/h1-5,7-8,13-14,17H,6H2. The zero-order valence-corrected chi connectivity index (χ0v) is 9.58. The van der Waals surface area contributed by atoms with E-state index in [1.165, 1.54) is 12.3 Å². The number of rotatable bonds is 2. The van der Waals surface area contributed by atoms with Gasteiger partial charge in [0.15, 0.2) is 0 Å². The minimum Gasteiger partial charge on any atom is -0.487 e. The summed E-state index contributed by atoms with van der Waals surface area (Å²) in [5.74, 6) is 0.327. The van der Waals surface area contributed by atoms with Crippen molar-refractivity contribution >= 4 is 0 Å². The minimum atomic E-state index is -0.874. The first-order valence-electron chi connectivity index (χ1n) is 5.77. The van der Waals surface area contributed by atoms with Crippen LogP contribution >= 0.6 is 0 Å². The zero-order chi connectivity index (χ0) is 12.5. The maximum Gasteiger partial charge on any atom is 0.141 e. The quantitative estimate of drug-likeness (QED) is 0.882. The highest BCUT2D eigenvalue weighted by Gasteiger charge is 2.30. The molecule has 92 valence electrons. The van der Waals surface area contributed by atoms with E-state index in [0.29, 0.717) is 12.0 Å². The van der Waals surface area contributed by atoms with E-state index in [0.717, 1.165) is 17.5 Å². The molecule has 0 saturated carbocycles. The molecular weight excluding hydrogens is 233 g/mol. The molecule has 0 aliphatic carbocycles. The highest BCUT2D eigenvalue weighted by atomic mass is 19.1. The van der Waals surface area contributed by atoms with E-state index in [-0.39, 0.29) is 6.10 Å². The Morgan fingerprint density at radius 3 is 2.94 bits per heavy atom. The summed E-state index contributed by atoms with van der Waals surface area (Å²) in [4.78, 5) is 3.74. The topological polar surface area (TPSA) is 42.4 Å². The van der Waals surface area contributed by atoms with E-state index in [2.05, 4.69) is 4.98 Å². The van der Waals surface area contributed by atoms with Crippen molar-refractivity contribution in [1.82, 2.24) is 4.98 Å². The number of para-hydroxylation sites is 1. The summed E-state index contributed by atoms with van der Waals surface area (Å²) < 4.78 is 18.7. The number of pyridine rings is 1. The first-order valence-corrected chi connectivity index (χ1v) is 5.77.